The molecule has 0 saturated carbocycles. The third-order valence-electron chi connectivity index (χ3n) is 1.32. The third-order valence-corrected chi connectivity index (χ3v) is 2.96. The predicted molar refractivity (Wildman–Crippen MR) is 50.3 cm³/mol. The van der Waals surface area contributed by atoms with Gasteiger partial charge in [0.25, 0.3) is 0 Å². The van der Waals surface area contributed by atoms with Crippen LogP contribution in [-0.4, -0.2) is 22.2 Å². The van der Waals surface area contributed by atoms with Crippen LogP contribution in [0.4, 0.5) is 0 Å². The van der Waals surface area contributed by atoms with E-state index < -0.39 is 11.9 Å². The Labute approximate surface area is 85.9 Å². The lowest BCUT2D eigenvalue weighted by Gasteiger charge is -1.93. The average molecular weight is 265 g/mol. The number of aliphatic carboxylic acids is 1. The maximum Gasteiger partial charge on any atom is 0.336 e. The van der Waals surface area contributed by atoms with Crippen molar-refractivity contribution in [3.05, 3.63) is 20.3 Å². The molecule has 1 rings (SSSR count). The van der Waals surface area contributed by atoms with Crippen LogP contribution in [0.1, 0.15) is 15.2 Å². The second-order valence-electron chi connectivity index (χ2n) is 2.26. The molecular weight excluding hydrogens is 260 g/mol. The molecule has 1 aromatic rings. The van der Waals surface area contributed by atoms with Gasteiger partial charge in [0.05, 0.1) is 15.8 Å². The summed E-state index contributed by atoms with van der Waals surface area (Å²) < 4.78 is 0.626. The Kier molecular flexibility index (Phi) is 3.05. The maximum atomic E-state index is 10.6. The summed E-state index contributed by atoms with van der Waals surface area (Å²) in [5, 5.41) is 17.2. The fraction of sp³-hybridized carbons (Fsp3) is 0.143. The normalized spacial score (nSPS) is 9.92. The summed E-state index contributed by atoms with van der Waals surface area (Å²) in [5.41, 5.74) is 0.0549. The molecule has 0 atom stereocenters. The first-order valence-corrected chi connectivity index (χ1v) is 4.85. The van der Waals surface area contributed by atoms with Crippen LogP contribution in [0.5, 0.6) is 0 Å². The molecule has 4 nitrogen and oxygen atoms in total. The largest absolute Gasteiger partial charge is 0.481 e. The lowest BCUT2D eigenvalue weighted by Crippen LogP contribution is -2.04. The van der Waals surface area contributed by atoms with Gasteiger partial charge in [-0.1, -0.05) is 0 Å². The molecule has 0 bridgehead atoms. The first-order chi connectivity index (χ1) is 6.00. The van der Waals surface area contributed by atoms with Crippen LogP contribution < -0.4 is 0 Å². The number of halogens is 1. The van der Waals surface area contributed by atoms with E-state index in [0.29, 0.717) is 8.66 Å². The highest BCUT2D eigenvalue weighted by molar-refractivity contribution is 9.11. The van der Waals surface area contributed by atoms with Gasteiger partial charge in [-0.2, -0.15) is 0 Å². The van der Waals surface area contributed by atoms with E-state index in [2.05, 4.69) is 15.9 Å². The number of carboxylic acid groups (broad SMARTS) is 2. The van der Waals surface area contributed by atoms with Crippen LogP contribution in [0.3, 0.4) is 0 Å². The lowest BCUT2D eigenvalue weighted by atomic mass is 10.2. The van der Waals surface area contributed by atoms with Crippen LogP contribution in [0.15, 0.2) is 9.85 Å². The van der Waals surface area contributed by atoms with Crippen molar-refractivity contribution in [1.82, 2.24) is 0 Å². The van der Waals surface area contributed by atoms with E-state index in [1.165, 1.54) is 6.07 Å². The van der Waals surface area contributed by atoms with Gasteiger partial charge >= 0.3 is 11.9 Å². The van der Waals surface area contributed by atoms with Gasteiger partial charge in [-0.3, -0.25) is 4.79 Å². The van der Waals surface area contributed by atoms with Crippen molar-refractivity contribution in [1.29, 1.82) is 0 Å². The van der Waals surface area contributed by atoms with Crippen LogP contribution in [0, 0.1) is 0 Å². The number of rotatable bonds is 3. The summed E-state index contributed by atoms with van der Waals surface area (Å²) in [6.45, 7) is 0. The van der Waals surface area contributed by atoms with Gasteiger partial charge in [0, 0.05) is 4.88 Å². The molecule has 0 fully saturated rings. The number of carbonyl (C=O) groups is 2. The van der Waals surface area contributed by atoms with Crippen LogP contribution in [0.25, 0.3) is 0 Å². The summed E-state index contributed by atoms with van der Waals surface area (Å²) >= 11 is 4.23. The fourth-order valence-corrected chi connectivity index (χ4v) is 2.52. The molecule has 6 heteroatoms. The fourth-order valence-electron chi connectivity index (χ4n) is 0.846. The number of aromatic carboxylic acids is 1. The molecule has 0 aromatic carbocycles. The summed E-state index contributed by atoms with van der Waals surface area (Å²) in [6, 6.07) is 1.41. The monoisotopic (exact) mass is 264 g/mol. The Hall–Kier alpha value is -0.880. The highest BCUT2D eigenvalue weighted by Crippen LogP contribution is 2.27. The van der Waals surface area contributed by atoms with E-state index in [-0.39, 0.29) is 12.0 Å². The summed E-state index contributed by atoms with van der Waals surface area (Å²) in [6.07, 6.45) is -0.252. The zero-order valence-corrected chi connectivity index (χ0v) is 8.68. The summed E-state index contributed by atoms with van der Waals surface area (Å²) in [7, 11) is 0. The van der Waals surface area contributed by atoms with E-state index >= 15 is 0 Å². The van der Waals surface area contributed by atoms with E-state index in [1.807, 2.05) is 0 Å². The molecular formula is C7H5BrO4S. The minimum atomic E-state index is -1.10. The molecule has 0 radical (unpaired) electrons. The quantitative estimate of drug-likeness (QED) is 0.874. The van der Waals surface area contributed by atoms with Crippen LogP contribution >= 0.6 is 27.3 Å². The minimum absolute atomic E-state index is 0.0549. The Morgan fingerprint density at radius 1 is 1.46 bits per heavy atom. The summed E-state index contributed by atoms with van der Waals surface area (Å²) in [4.78, 5) is 21.3. The topological polar surface area (TPSA) is 74.6 Å². The van der Waals surface area contributed by atoms with Crippen molar-refractivity contribution in [2.75, 3.05) is 0 Å². The van der Waals surface area contributed by atoms with Crippen molar-refractivity contribution in [2.45, 2.75) is 6.42 Å². The van der Waals surface area contributed by atoms with E-state index in [1.54, 1.807) is 0 Å². The Morgan fingerprint density at radius 2 is 2.08 bits per heavy atom. The number of hydrogen-bond donors (Lipinski definition) is 2. The van der Waals surface area contributed by atoms with E-state index in [9.17, 15) is 9.59 Å². The Balaban J connectivity index is 3.04. The zero-order chi connectivity index (χ0) is 10.0. The Morgan fingerprint density at radius 3 is 2.54 bits per heavy atom. The van der Waals surface area contributed by atoms with Crippen LogP contribution in [-0.2, 0) is 11.2 Å². The SMILES string of the molecule is O=C(O)Cc1sc(Br)cc1C(=O)O. The van der Waals surface area contributed by atoms with Gasteiger partial charge in [0.15, 0.2) is 0 Å². The Bertz CT molecular complexity index is 357. The minimum Gasteiger partial charge on any atom is -0.481 e. The molecule has 0 spiro atoms. The van der Waals surface area contributed by atoms with Gasteiger partial charge in [-0.25, -0.2) is 4.79 Å². The van der Waals surface area contributed by atoms with Gasteiger partial charge in [-0.05, 0) is 22.0 Å². The van der Waals surface area contributed by atoms with Crippen molar-refractivity contribution < 1.29 is 19.8 Å². The molecule has 1 heterocycles. The van der Waals surface area contributed by atoms with E-state index in [0.717, 1.165) is 11.3 Å². The zero-order valence-electron chi connectivity index (χ0n) is 6.28. The second-order valence-corrected chi connectivity index (χ2v) is 4.78. The highest BCUT2D eigenvalue weighted by Gasteiger charge is 2.16. The molecule has 0 amide bonds. The lowest BCUT2D eigenvalue weighted by molar-refractivity contribution is -0.136. The molecule has 70 valence electrons. The molecule has 0 unspecified atom stereocenters. The van der Waals surface area contributed by atoms with Crippen molar-refractivity contribution in [2.24, 2.45) is 0 Å². The second kappa shape index (κ2) is 3.89. The van der Waals surface area contributed by atoms with Gasteiger partial charge < -0.3 is 10.2 Å². The summed E-state index contributed by atoms with van der Waals surface area (Å²) in [5.74, 6) is -2.13. The van der Waals surface area contributed by atoms with Gasteiger partial charge in [-0.15, -0.1) is 11.3 Å². The first kappa shape index (κ1) is 10.2. The molecule has 1 aromatic heterocycles. The highest BCUT2D eigenvalue weighted by atomic mass is 79.9. The first-order valence-electron chi connectivity index (χ1n) is 3.24. The van der Waals surface area contributed by atoms with Gasteiger partial charge in [0.2, 0.25) is 0 Å². The molecule has 0 aliphatic heterocycles. The van der Waals surface area contributed by atoms with Crippen molar-refractivity contribution in [3.63, 3.8) is 0 Å². The predicted octanol–water partition coefficient (Wildman–Crippen LogP) is 1.84. The van der Waals surface area contributed by atoms with Gasteiger partial charge in [0.1, 0.15) is 0 Å². The van der Waals surface area contributed by atoms with Crippen molar-refractivity contribution >= 4 is 39.2 Å². The number of hydrogen-bond acceptors (Lipinski definition) is 3. The van der Waals surface area contributed by atoms with Crippen molar-refractivity contribution in [3.8, 4) is 0 Å². The molecule has 0 aliphatic rings. The molecule has 2 N–H and O–H groups in total. The number of thiophene rings is 1. The molecule has 0 saturated heterocycles. The molecule has 13 heavy (non-hydrogen) atoms. The number of carboxylic acids is 2. The smallest absolute Gasteiger partial charge is 0.336 e. The van der Waals surface area contributed by atoms with Crippen LogP contribution in [0.2, 0.25) is 0 Å². The standard InChI is InChI=1S/C7H5BrO4S/c8-5-1-3(7(11)12)4(13-5)2-6(9)10/h1H,2H2,(H,9,10)(H,11,12). The third kappa shape index (κ3) is 2.53. The average Bonchev–Trinajstić information content (AvgIpc) is 2.29. The maximum absolute atomic E-state index is 10.6. The molecule has 0 aliphatic carbocycles. The van der Waals surface area contributed by atoms with E-state index in [4.69, 9.17) is 10.2 Å².